The zero-order valence-electron chi connectivity index (χ0n) is 9.71. The van der Waals surface area contributed by atoms with Crippen LogP contribution in [0.1, 0.15) is 46.5 Å². The van der Waals surface area contributed by atoms with Gasteiger partial charge in [-0.25, -0.2) is 0 Å². The second kappa shape index (κ2) is 4.99. The molecule has 0 atom stereocenters. The zero-order valence-corrected chi connectivity index (χ0v) is 9.71. The Kier molecular flexibility index (Phi) is 4.24. The predicted molar refractivity (Wildman–Crippen MR) is 58.9 cm³/mol. The van der Waals surface area contributed by atoms with Crippen LogP contribution in [-0.4, -0.2) is 24.5 Å². The summed E-state index contributed by atoms with van der Waals surface area (Å²) < 4.78 is 0. The molecular formula is C12H25N. The molecule has 0 aliphatic heterocycles. The Morgan fingerprint density at radius 2 is 1.69 bits per heavy atom. The summed E-state index contributed by atoms with van der Waals surface area (Å²) in [6, 6.07) is 0.875. The third-order valence-electron chi connectivity index (χ3n) is 3.81. The molecule has 0 spiro atoms. The molecule has 0 aromatic heterocycles. The minimum absolute atomic E-state index is 0.875. The summed E-state index contributed by atoms with van der Waals surface area (Å²) in [5, 5.41) is 0. The first-order valence-electron chi connectivity index (χ1n) is 5.85. The van der Waals surface area contributed by atoms with E-state index in [1.165, 1.54) is 32.2 Å². The maximum atomic E-state index is 2.51. The molecule has 0 unspecified atom stereocenters. The van der Waals surface area contributed by atoms with E-state index < -0.39 is 0 Å². The van der Waals surface area contributed by atoms with E-state index in [1.54, 1.807) is 0 Å². The molecule has 0 amide bonds. The van der Waals surface area contributed by atoms with Crippen LogP contribution >= 0.6 is 0 Å². The highest BCUT2D eigenvalue weighted by atomic mass is 15.1. The average molecular weight is 183 g/mol. The molecule has 0 radical (unpaired) electrons. The second-order valence-electron chi connectivity index (χ2n) is 4.89. The van der Waals surface area contributed by atoms with Crippen molar-refractivity contribution in [3.8, 4) is 0 Å². The molecule has 1 saturated carbocycles. The second-order valence-corrected chi connectivity index (χ2v) is 4.89. The monoisotopic (exact) mass is 183 g/mol. The average Bonchev–Trinajstić information content (AvgIpc) is 2.17. The standard InChI is InChI=1S/C12H25N/c1-5-13(4)12-8-6-11(7-9-12)10(2)3/h10-12H,5-9H2,1-4H3/t11-,12+. The molecule has 0 N–H and O–H groups in total. The number of nitrogens with zero attached hydrogens (tertiary/aromatic N) is 1. The lowest BCUT2D eigenvalue weighted by atomic mass is 9.79. The molecule has 0 heterocycles. The first-order chi connectivity index (χ1) is 6.15. The molecule has 1 fully saturated rings. The first kappa shape index (κ1) is 11.0. The quantitative estimate of drug-likeness (QED) is 0.649. The lowest BCUT2D eigenvalue weighted by Gasteiger charge is -2.35. The molecule has 1 heteroatoms. The van der Waals surface area contributed by atoms with Gasteiger partial charge < -0.3 is 4.90 Å². The van der Waals surface area contributed by atoms with Crippen molar-refractivity contribution in [2.75, 3.05) is 13.6 Å². The van der Waals surface area contributed by atoms with Crippen LogP contribution in [0.3, 0.4) is 0 Å². The fraction of sp³-hybridized carbons (Fsp3) is 1.00. The molecule has 0 saturated heterocycles. The van der Waals surface area contributed by atoms with E-state index in [0.29, 0.717) is 0 Å². The van der Waals surface area contributed by atoms with Gasteiger partial charge in [0.15, 0.2) is 0 Å². The van der Waals surface area contributed by atoms with E-state index in [4.69, 9.17) is 0 Å². The summed E-state index contributed by atoms with van der Waals surface area (Å²) in [5.74, 6) is 1.90. The van der Waals surface area contributed by atoms with Crippen molar-refractivity contribution in [2.45, 2.75) is 52.5 Å². The van der Waals surface area contributed by atoms with Gasteiger partial charge in [-0.05, 0) is 51.1 Å². The highest BCUT2D eigenvalue weighted by molar-refractivity contribution is 4.78. The number of hydrogen-bond acceptors (Lipinski definition) is 1. The highest BCUT2D eigenvalue weighted by Gasteiger charge is 2.24. The Hall–Kier alpha value is -0.0400. The van der Waals surface area contributed by atoms with Crippen molar-refractivity contribution in [2.24, 2.45) is 11.8 Å². The number of rotatable bonds is 3. The smallest absolute Gasteiger partial charge is 0.00923 e. The first-order valence-corrected chi connectivity index (χ1v) is 5.85. The molecule has 13 heavy (non-hydrogen) atoms. The van der Waals surface area contributed by atoms with E-state index in [0.717, 1.165) is 17.9 Å². The Morgan fingerprint density at radius 3 is 2.08 bits per heavy atom. The van der Waals surface area contributed by atoms with Crippen LogP contribution in [0.25, 0.3) is 0 Å². The van der Waals surface area contributed by atoms with Crippen molar-refractivity contribution in [1.82, 2.24) is 4.90 Å². The summed E-state index contributed by atoms with van der Waals surface area (Å²) in [6.45, 7) is 8.20. The topological polar surface area (TPSA) is 3.24 Å². The van der Waals surface area contributed by atoms with Gasteiger partial charge in [0.2, 0.25) is 0 Å². The summed E-state index contributed by atoms with van der Waals surface area (Å²) in [4.78, 5) is 2.51. The van der Waals surface area contributed by atoms with Crippen LogP contribution in [0.4, 0.5) is 0 Å². The van der Waals surface area contributed by atoms with Gasteiger partial charge in [-0.15, -0.1) is 0 Å². The lowest BCUT2D eigenvalue weighted by molar-refractivity contribution is 0.152. The van der Waals surface area contributed by atoms with Crippen molar-refractivity contribution < 1.29 is 0 Å². The van der Waals surface area contributed by atoms with E-state index in [2.05, 4.69) is 32.7 Å². The fourth-order valence-corrected chi connectivity index (χ4v) is 2.47. The highest BCUT2D eigenvalue weighted by Crippen LogP contribution is 2.31. The van der Waals surface area contributed by atoms with Gasteiger partial charge in [0, 0.05) is 6.04 Å². The molecule has 1 aliphatic carbocycles. The predicted octanol–water partition coefficient (Wildman–Crippen LogP) is 3.15. The normalized spacial score (nSPS) is 30.0. The van der Waals surface area contributed by atoms with Gasteiger partial charge in [0.25, 0.3) is 0 Å². The minimum Gasteiger partial charge on any atom is -0.304 e. The maximum absolute atomic E-state index is 2.51. The Labute approximate surface area is 83.5 Å². The van der Waals surface area contributed by atoms with Gasteiger partial charge in [0.05, 0.1) is 0 Å². The van der Waals surface area contributed by atoms with Crippen molar-refractivity contribution in [3.05, 3.63) is 0 Å². The van der Waals surface area contributed by atoms with E-state index in [9.17, 15) is 0 Å². The maximum Gasteiger partial charge on any atom is 0.00923 e. The van der Waals surface area contributed by atoms with E-state index >= 15 is 0 Å². The summed E-state index contributed by atoms with van der Waals surface area (Å²) in [6.07, 6.45) is 5.75. The van der Waals surface area contributed by atoms with E-state index in [-0.39, 0.29) is 0 Å². The van der Waals surface area contributed by atoms with Crippen LogP contribution in [-0.2, 0) is 0 Å². The van der Waals surface area contributed by atoms with Crippen molar-refractivity contribution in [1.29, 1.82) is 0 Å². The summed E-state index contributed by atoms with van der Waals surface area (Å²) in [7, 11) is 2.26. The largest absolute Gasteiger partial charge is 0.304 e. The van der Waals surface area contributed by atoms with Crippen LogP contribution in [0, 0.1) is 11.8 Å². The SMILES string of the molecule is CCN(C)[C@H]1CC[C@@H](C(C)C)CC1. The molecule has 1 rings (SSSR count). The summed E-state index contributed by atoms with van der Waals surface area (Å²) >= 11 is 0. The molecule has 1 nitrogen and oxygen atoms in total. The fourth-order valence-electron chi connectivity index (χ4n) is 2.47. The van der Waals surface area contributed by atoms with Crippen LogP contribution < -0.4 is 0 Å². The van der Waals surface area contributed by atoms with Gasteiger partial charge in [-0.3, -0.25) is 0 Å². The Bertz CT molecular complexity index is 134. The van der Waals surface area contributed by atoms with Crippen molar-refractivity contribution >= 4 is 0 Å². The third kappa shape index (κ3) is 2.98. The third-order valence-corrected chi connectivity index (χ3v) is 3.81. The minimum atomic E-state index is 0.875. The molecule has 0 aromatic carbocycles. The van der Waals surface area contributed by atoms with Gasteiger partial charge in [-0.1, -0.05) is 20.8 Å². The van der Waals surface area contributed by atoms with Gasteiger partial charge in [-0.2, -0.15) is 0 Å². The van der Waals surface area contributed by atoms with Crippen LogP contribution in [0.15, 0.2) is 0 Å². The molecule has 0 bridgehead atoms. The molecule has 1 aliphatic rings. The molecule has 78 valence electrons. The zero-order chi connectivity index (χ0) is 9.84. The van der Waals surface area contributed by atoms with Crippen molar-refractivity contribution in [3.63, 3.8) is 0 Å². The van der Waals surface area contributed by atoms with Crippen LogP contribution in [0.2, 0.25) is 0 Å². The lowest BCUT2D eigenvalue weighted by Crippen LogP contribution is -2.35. The van der Waals surface area contributed by atoms with Gasteiger partial charge in [0.1, 0.15) is 0 Å². The van der Waals surface area contributed by atoms with E-state index in [1.807, 2.05) is 0 Å². The molecular weight excluding hydrogens is 158 g/mol. The molecule has 0 aromatic rings. The van der Waals surface area contributed by atoms with Gasteiger partial charge >= 0.3 is 0 Å². The number of hydrogen-bond donors (Lipinski definition) is 0. The van der Waals surface area contributed by atoms with Crippen LogP contribution in [0.5, 0.6) is 0 Å². The Morgan fingerprint density at radius 1 is 1.15 bits per heavy atom. The summed E-state index contributed by atoms with van der Waals surface area (Å²) in [5.41, 5.74) is 0. The Balaban J connectivity index is 2.30.